The van der Waals surface area contributed by atoms with Gasteiger partial charge in [-0.25, -0.2) is 4.98 Å². The summed E-state index contributed by atoms with van der Waals surface area (Å²) in [4.78, 5) is 16.6. The third kappa shape index (κ3) is 4.09. The maximum Gasteiger partial charge on any atom is 0.235 e. The normalized spacial score (nSPS) is 12.6. The summed E-state index contributed by atoms with van der Waals surface area (Å²) in [6, 6.07) is 18.8. The molecule has 0 bridgehead atoms. The molecule has 0 radical (unpaired) electrons. The Kier molecular flexibility index (Phi) is 5.60. The summed E-state index contributed by atoms with van der Waals surface area (Å²) in [5, 5.41) is 16.2. The first-order valence-corrected chi connectivity index (χ1v) is 11.2. The van der Waals surface area contributed by atoms with E-state index in [1.54, 1.807) is 18.3 Å². The van der Waals surface area contributed by atoms with Gasteiger partial charge in [0.25, 0.3) is 0 Å². The second kappa shape index (κ2) is 8.84. The van der Waals surface area contributed by atoms with Crippen LogP contribution in [0.3, 0.4) is 0 Å². The lowest BCUT2D eigenvalue weighted by atomic mass is 10.2. The molecule has 1 aliphatic rings. The predicted molar refractivity (Wildman–Crippen MR) is 124 cm³/mol. The Bertz CT molecular complexity index is 1270. The Morgan fingerprint density at radius 2 is 1.81 bits per heavy atom. The number of carbonyl (C=O) groups is 1. The van der Waals surface area contributed by atoms with Gasteiger partial charge in [-0.15, -0.1) is 0 Å². The van der Waals surface area contributed by atoms with Crippen LogP contribution in [0.2, 0.25) is 0 Å². The zero-order valence-electron chi connectivity index (χ0n) is 17.2. The van der Waals surface area contributed by atoms with Gasteiger partial charge in [0, 0.05) is 17.0 Å². The quantitative estimate of drug-likeness (QED) is 0.429. The fraction of sp³-hybridized carbons (Fsp3) is 0.167. The van der Waals surface area contributed by atoms with Crippen molar-refractivity contribution in [2.24, 2.45) is 0 Å². The molecule has 2 aromatic heterocycles. The number of rotatable bonds is 6. The Morgan fingerprint density at radius 1 is 1.03 bits per heavy atom. The van der Waals surface area contributed by atoms with E-state index in [-0.39, 0.29) is 17.5 Å². The van der Waals surface area contributed by atoms with Gasteiger partial charge < -0.3 is 24.5 Å². The minimum absolute atomic E-state index is 0.163. The largest absolute Gasteiger partial charge is 0.494 e. The van der Waals surface area contributed by atoms with Gasteiger partial charge in [-0.3, -0.25) is 4.79 Å². The van der Waals surface area contributed by atoms with Gasteiger partial charge in [-0.2, -0.15) is 0 Å². The number of fused-ring (bicyclic) bond motifs is 2. The van der Waals surface area contributed by atoms with Gasteiger partial charge in [-0.1, -0.05) is 42.1 Å². The summed E-state index contributed by atoms with van der Waals surface area (Å²) in [7, 11) is 0. The molecule has 0 unspecified atom stereocenters. The smallest absolute Gasteiger partial charge is 0.235 e. The molecular formula is C24H21N3O4S. The highest BCUT2D eigenvalue weighted by Gasteiger charge is 2.19. The van der Waals surface area contributed by atoms with E-state index in [1.807, 2.05) is 53.1 Å². The lowest BCUT2D eigenvalue weighted by Gasteiger charge is -2.19. The molecule has 2 aromatic carbocycles. The number of hydrogen-bond donors (Lipinski definition) is 2. The predicted octanol–water partition coefficient (Wildman–Crippen LogP) is 4.29. The lowest BCUT2D eigenvalue weighted by molar-refractivity contribution is -0.113. The van der Waals surface area contributed by atoms with Crippen LogP contribution in [0.1, 0.15) is 5.56 Å². The van der Waals surface area contributed by atoms with Crippen LogP contribution >= 0.6 is 11.8 Å². The molecule has 4 aromatic rings. The first kappa shape index (κ1) is 20.3. The number of ether oxygens (including phenoxy) is 2. The molecule has 32 heavy (non-hydrogen) atoms. The van der Waals surface area contributed by atoms with Crippen LogP contribution in [0.5, 0.6) is 17.4 Å². The van der Waals surface area contributed by atoms with E-state index in [0.717, 1.165) is 27.1 Å². The van der Waals surface area contributed by atoms with Gasteiger partial charge in [0.1, 0.15) is 19.0 Å². The molecular weight excluding hydrogens is 426 g/mol. The van der Waals surface area contributed by atoms with Crippen molar-refractivity contribution >= 4 is 34.3 Å². The molecule has 0 saturated carbocycles. The SMILES string of the molecule is O=C(CSc1c2ccccc2c(O)n1Cc1ccc2c(c1)OCCO2)Nc1ccccn1. The Hall–Kier alpha value is -3.65. The lowest BCUT2D eigenvalue weighted by Crippen LogP contribution is -2.16. The number of aromatic hydroxyl groups is 1. The number of carbonyl (C=O) groups excluding carboxylic acids is 1. The van der Waals surface area contributed by atoms with Crippen molar-refractivity contribution < 1.29 is 19.4 Å². The Balaban J connectivity index is 1.42. The van der Waals surface area contributed by atoms with E-state index in [1.165, 1.54) is 11.8 Å². The van der Waals surface area contributed by atoms with Crippen molar-refractivity contribution in [2.75, 3.05) is 24.3 Å². The number of anilines is 1. The van der Waals surface area contributed by atoms with Crippen molar-refractivity contribution in [3.8, 4) is 17.4 Å². The fourth-order valence-electron chi connectivity index (χ4n) is 3.67. The third-order valence-electron chi connectivity index (χ3n) is 5.12. The fourth-order valence-corrected chi connectivity index (χ4v) is 4.65. The van der Waals surface area contributed by atoms with Crippen LogP contribution in [0.25, 0.3) is 10.8 Å². The number of benzene rings is 2. The number of hydrogen-bond acceptors (Lipinski definition) is 6. The molecule has 0 fully saturated rings. The second-order valence-electron chi connectivity index (χ2n) is 7.29. The first-order valence-electron chi connectivity index (χ1n) is 10.2. The van der Waals surface area contributed by atoms with Gasteiger partial charge in [-0.05, 0) is 35.9 Å². The molecule has 8 heteroatoms. The van der Waals surface area contributed by atoms with Gasteiger partial charge in [0.05, 0.1) is 17.3 Å². The summed E-state index contributed by atoms with van der Waals surface area (Å²) >= 11 is 1.38. The van der Waals surface area contributed by atoms with Crippen molar-refractivity contribution in [3.63, 3.8) is 0 Å². The average molecular weight is 448 g/mol. The van der Waals surface area contributed by atoms with E-state index >= 15 is 0 Å². The van der Waals surface area contributed by atoms with Crippen LogP contribution in [-0.2, 0) is 11.3 Å². The number of pyridine rings is 1. The molecule has 0 saturated heterocycles. The second-order valence-corrected chi connectivity index (χ2v) is 8.25. The third-order valence-corrected chi connectivity index (χ3v) is 6.24. The molecule has 0 aliphatic carbocycles. The van der Waals surface area contributed by atoms with E-state index in [2.05, 4.69) is 10.3 Å². The molecule has 2 N–H and O–H groups in total. The maximum absolute atomic E-state index is 12.5. The maximum atomic E-state index is 12.5. The van der Waals surface area contributed by atoms with Crippen molar-refractivity contribution in [1.29, 1.82) is 0 Å². The monoisotopic (exact) mass is 447 g/mol. The Labute approximate surface area is 189 Å². The number of amides is 1. The van der Waals surface area contributed by atoms with Gasteiger partial charge >= 0.3 is 0 Å². The summed E-state index contributed by atoms with van der Waals surface area (Å²) in [6.45, 7) is 1.49. The highest BCUT2D eigenvalue weighted by atomic mass is 32.2. The molecule has 0 spiro atoms. The molecule has 3 heterocycles. The van der Waals surface area contributed by atoms with Crippen LogP contribution in [0.4, 0.5) is 5.82 Å². The highest BCUT2D eigenvalue weighted by Crippen LogP contribution is 2.39. The number of nitrogens with zero attached hydrogens (tertiary/aromatic N) is 2. The molecule has 7 nitrogen and oxygen atoms in total. The van der Waals surface area contributed by atoms with Crippen molar-refractivity contribution in [2.45, 2.75) is 11.6 Å². The average Bonchev–Trinajstić information content (AvgIpc) is 3.09. The van der Waals surface area contributed by atoms with E-state index in [4.69, 9.17) is 9.47 Å². The van der Waals surface area contributed by atoms with Crippen molar-refractivity contribution in [1.82, 2.24) is 9.55 Å². The summed E-state index contributed by atoms with van der Waals surface area (Å²) in [6.07, 6.45) is 1.63. The van der Waals surface area contributed by atoms with E-state index < -0.39 is 0 Å². The van der Waals surface area contributed by atoms with Gasteiger partial charge in [0.2, 0.25) is 5.91 Å². The molecule has 5 rings (SSSR count). The molecule has 1 amide bonds. The van der Waals surface area contributed by atoms with Crippen LogP contribution < -0.4 is 14.8 Å². The standard InChI is InChI=1S/C24H21N3O4S/c28-22(26-21-7-3-4-10-25-21)15-32-24-18-6-2-1-5-17(18)23(29)27(24)14-16-8-9-19-20(13-16)31-12-11-30-19/h1-10,13,29H,11-12,14-15H2,(H,25,26,28). The van der Waals surface area contributed by atoms with Gasteiger partial charge in [0.15, 0.2) is 17.4 Å². The van der Waals surface area contributed by atoms with Crippen LogP contribution in [-0.4, -0.2) is 39.5 Å². The molecule has 162 valence electrons. The zero-order chi connectivity index (χ0) is 21.9. The first-order chi connectivity index (χ1) is 15.7. The Morgan fingerprint density at radius 3 is 2.62 bits per heavy atom. The number of thioether (sulfide) groups is 1. The van der Waals surface area contributed by atoms with Crippen LogP contribution in [0.15, 0.2) is 71.9 Å². The van der Waals surface area contributed by atoms with Crippen molar-refractivity contribution in [3.05, 3.63) is 72.4 Å². The summed E-state index contributed by atoms with van der Waals surface area (Å²) in [5.74, 6) is 2.13. The zero-order valence-corrected chi connectivity index (χ0v) is 18.0. The number of nitrogens with one attached hydrogen (secondary N) is 1. The minimum atomic E-state index is -0.163. The summed E-state index contributed by atoms with van der Waals surface area (Å²) in [5.41, 5.74) is 0.963. The summed E-state index contributed by atoms with van der Waals surface area (Å²) < 4.78 is 13.1. The number of aromatic nitrogens is 2. The van der Waals surface area contributed by atoms with E-state index in [9.17, 15) is 9.90 Å². The van der Waals surface area contributed by atoms with E-state index in [0.29, 0.717) is 31.3 Å². The minimum Gasteiger partial charge on any atom is -0.494 e. The molecule has 0 atom stereocenters. The topological polar surface area (TPSA) is 85.6 Å². The van der Waals surface area contributed by atoms with Crippen LogP contribution in [0, 0.1) is 0 Å². The molecule has 1 aliphatic heterocycles. The highest BCUT2D eigenvalue weighted by molar-refractivity contribution is 8.00.